The summed E-state index contributed by atoms with van der Waals surface area (Å²) in [6.07, 6.45) is 2.48. The second-order valence-corrected chi connectivity index (χ2v) is 3.62. The van der Waals surface area contributed by atoms with Gasteiger partial charge in [0.15, 0.2) is 0 Å². The van der Waals surface area contributed by atoms with E-state index < -0.39 is 0 Å². The van der Waals surface area contributed by atoms with Crippen molar-refractivity contribution in [3.63, 3.8) is 0 Å². The number of nitrogens with zero attached hydrogens (tertiary/aromatic N) is 1. The summed E-state index contributed by atoms with van der Waals surface area (Å²) in [4.78, 5) is 11.4. The molecule has 1 aliphatic heterocycles. The number of hydrogen-bond acceptors (Lipinski definition) is 2. The lowest BCUT2D eigenvalue weighted by molar-refractivity contribution is -0.136. The number of hydrazine groups is 1. The predicted octanol–water partition coefficient (Wildman–Crippen LogP) is 2.04. The molecule has 1 aromatic carbocycles. The molecule has 1 amide bonds. The SMILES string of the molecule is Cl.NN1C(=O)CCCC1c1ccccc1. The highest BCUT2D eigenvalue weighted by Crippen LogP contribution is 2.28. The zero-order valence-corrected chi connectivity index (χ0v) is 9.24. The van der Waals surface area contributed by atoms with Crippen LogP contribution in [-0.2, 0) is 4.79 Å². The maximum atomic E-state index is 11.4. The molecule has 1 aliphatic rings. The monoisotopic (exact) mass is 226 g/mol. The molecule has 1 unspecified atom stereocenters. The predicted molar refractivity (Wildman–Crippen MR) is 61.3 cm³/mol. The Hall–Kier alpha value is -1.06. The summed E-state index contributed by atoms with van der Waals surface area (Å²) in [5.41, 5.74) is 1.13. The number of amides is 1. The van der Waals surface area contributed by atoms with Gasteiger partial charge in [0.1, 0.15) is 0 Å². The van der Waals surface area contributed by atoms with E-state index in [2.05, 4.69) is 0 Å². The third-order valence-electron chi connectivity index (χ3n) is 2.68. The van der Waals surface area contributed by atoms with Gasteiger partial charge in [-0.25, -0.2) is 5.84 Å². The molecule has 0 bridgehead atoms. The van der Waals surface area contributed by atoms with Gasteiger partial charge >= 0.3 is 0 Å². The second kappa shape index (κ2) is 5.14. The standard InChI is InChI=1S/C11H14N2O.ClH/c12-13-10(7-4-8-11(13)14)9-5-2-1-3-6-9;/h1-3,5-6,10H,4,7-8,12H2;1H. The van der Waals surface area contributed by atoms with E-state index in [0.29, 0.717) is 6.42 Å². The van der Waals surface area contributed by atoms with Gasteiger partial charge in [0, 0.05) is 6.42 Å². The van der Waals surface area contributed by atoms with Gasteiger partial charge in [0.25, 0.3) is 0 Å². The first-order valence-corrected chi connectivity index (χ1v) is 4.91. The van der Waals surface area contributed by atoms with Crippen molar-refractivity contribution in [3.05, 3.63) is 35.9 Å². The van der Waals surface area contributed by atoms with E-state index in [9.17, 15) is 4.79 Å². The summed E-state index contributed by atoms with van der Waals surface area (Å²) < 4.78 is 0. The highest BCUT2D eigenvalue weighted by Gasteiger charge is 2.26. The Bertz CT molecular complexity index is 329. The number of piperidine rings is 1. The molecule has 0 radical (unpaired) electrons. The minimum absolute atomic E-state index is 0. The zero-order valence-electron chi connectivity index (χ0n) is 8.43. The van der Waals surface area contributed by atoms with Gasteiger partial charge in [0.05, 0.1) is 6.04 Å². The summed E-state index contributed by atoms with van der Waals surface area (Å²) in [5.74, 6) is 5.78. The molecular formula is C11H15ClN2O. The molecule has 1 fully saturated rings. The Labute approximate surface area is 95.6 Å². The van der Waals surface area contributed by atoms with Crippen LogP contribution in [0.4, 0.5) is 0 Å². The van der Waals surface area contributed by atoms with Gasteiger partial charge in [-0.2, -0.15) is 0 Å². The summed E-state index contributed by atoms with van der Waals surface area (Å²) in [6.45, 7) is 0. The van der Waals surface area contributed by atoms with E-state index in [0.717, 1.165) is 18.4 Å². The Balaban J connectivity index is 0.00000112. The minimum atomic E-state index is 0. The van der Waals surface area contributed by atoms with Crippen molar-refractivity contribution in [2.75, 3.05) is 0 Å². The van der Waals surface area contributed by atoms with E-state index in [1.54, 1.807) is 0 Å². The summed E-state index contributed by atoms with van der Waals surface area (Å²) >= 11 is 0. The summed E-state index contributed by atoms with van der Waals surface area (Å²) in [6, 6.07) is 10.0. The fraction of sp³-hybridized carbons (Fsp3) is 0.364. The lowest BCUT2D eigenvalue weighted by atomic mass is 9.96. The van der Waals surface area contributed by atoms with Crippen LogP contribution in [0.1, 0.15) is 30.9 Å². The molecule has 1 aromatic rings. The van der Waals surface area contributed by atoms with Gasteiger partial charge in [-0.3, -0.25) is 9.80 Å². The van der Waals surface area contributed by atoms with Crippen LogP contribution in [0.2, 0.25) is 0 Å². The number of nitrogens with two attached hydrogens (primary N) is 1. The number of rotatable bonds is 1. The minimum Gasteiger partial charge on any atom is -0.273 e. The maximum Gasteiger partial charge on any atom is 0.237 e. The first kappa shape index (κ1) is 12.0. The van der Waals surface area contributed by atoms with Gasteiger partial charge < -0.3 is 0 Å². The van der Waals surface area contributed by atoms with Gasteiger partial charge in [-0.15, -0.1) is 12.4 Å². The molecule has 82 valence electrons. The van der Waals surface area contributed by atoms with E-state index in [1.165, 1.54) is 5.01 Å². The molecule has 15 heavy (non-hydrogen) atoms. The number of carbonyl (C=O) groups is 1. The molecule has 1 atom stereocenters. The molecule has 2 N–H and O–H groups in total. The average Bonchev–Trinajstić information content (AvgIpc) is 2.23. The fourth-order valence-electron chi connectivity index (χ4n) is 1.89. The van der Waals surface area contributed by atoms with Crippen molar-refractivity contribution in [2.24, 2.45) is 5.84 Å². The highest BCUT2D eigenvalue weighted by atomic mass is 35.5. The molecule has 3 nitrogen and oxygen atoms in total. The van der Waals surface area contributed by atoms with Crippen LogP contribution in [0.15, 0.2) is 30.3 Å². The third kappa shape index (κ3) is 2.49. The molecule has 0 saturated carbocycles. The number of benzene rings is 1. The molecule has 0 aliphatic carbocycles. The first-order chi connectivity index (χ1) is 6.79. The normalized spacial score (nSPS) is 21.0. The highest BCUT2D eigenvalue weighted by molar-refractivity contribution is 5.85. The van der Waals surface area contributed by atoms with E-state index in [4.69, 9.17) is 5.84 Å². The average molecular weight is 227 g/mol. The summed E-state index contributed by atoms with van der Waals surface area (Å²) in [7, 11) is 0. The molecule has 0 spiro atoms. The number of hydrogen-bond donors (Lipinski definition) is 1. The first-order valence-electron chi connectivity index (χ1n) is 4.91. The van der Waals surface area contributed by atoms with Crippen LogP contribution in [0, 0.1) is 0 Å². The number of carbonyl (C=O) groups excluding carboxylic acids is 1. The van der Waals surface area contributed by atoms with Crippen LogP contribution < -0.4 is 5.84 Å². The van der Waals surface area contributed by atoms with Crippen molar-refractivity contribution in [1.82, 2.24) is 5.01 Å². The fourth-order valence-corrected chi connectivity index (χ4v) is 1.89. The Morgan fingerprint density at radius 2 is 1.93 bits per heavy atom. The van der Waals surface area contributed by atoms with Crippen LogP contribution in [0.5, 0.6) is 0 Å². The Kier molecular flexibility index (Phi) is 4.12. The van der Waals surface area contributed by atoms with Crippen LogP contribution in [-0.4, -0.2) is 10.9 Å². The van der Waals surface area contributed by atoms with Gasteiger partial charge in [-0.05, 0) is 18.4 Å². The van der Waals surface area contributed by atoms with Crippen molar-refractivity contribution in [3.8, 4) is 0 Å². The second-order valence-electron chi connectivity index (χ2n) is 3.62. The van der Waals surface area contributed by atoms with Crippen molar-refractivity contribution in [1.29, 1.82) is 0 Å². The van der Waals surface area contributed by atoms with Crippen LogP contribution in [0.3, 0.4) is 0 Å². The quantitative estimate of drug-likeness (QED) is 0.589. The van der Waals surface area contributed by atoms with E-state index in [-0.39, 0.29) is 24.4 Å². The van der Waals surface area contributed by atoms with Gasteiger partial charge in [0.2, 0.25) is 5.91 Å². The van der Waals surface area contributed by atoms with Crippen molar-refractivity contribution in [2.45, 2.75) is 25.3 Å². The lowest BCUT2D eigenvalue weighted by Crippen LogP contribution is -2.43. The van der Waals surface area contributed by atoms with Crippen molar-refractivity contribution < 1.29 is 4.79 Å². The molecule has 0 aromatic heterocycles. The third-order valence-corrected chi connectivity index (χ3v) is 2.68. The smallest absolute Gasteiger partial charge is 0.237 e. The topological polar surface area (TPSA) is 46.3 Å². The van der Waals surface area contributed by atoms with E-state index >= 15 is 0 Å². The molecule has 1 saturated heterocycles. The van der Waals surface area contributed by atoms with Crippen molar-refractivity contribution >= 4 is 18.3 Å². The van der Waals surface area contributed by atoms with Gasteiger partial charge in [-0.1, -0.05) is 30.3 Å². The molecule has 4 heteroatoms. The molecular weight excluding hydrogens is 212 g/mol. The summed E-state index contributed by atoms with van der Waals surface area (Å²) in [5, 5.41) is 1.37. The zero-order chi connectivity index (χ0) is 9.97. The Morgan fingerprint density at radius 3 is 2.60 bits per heavy atom. The van der Waals surface area contributed by atoms with E-state index in [1.807, 2.05) is 30.3 Å². The van der Waals surface area contributed by atoms with Crippen LogP contribution in [0.25, 0.3) is 0 Å². The largest absolute Gasteiger partial charge is 0.273 e. The molecule has 1 heterocycles. The number of halogens is 1. The lowest BCUT2D eigenvalue weighted by Gasteiger charge is -2.31. The maximum absolute atomic E-state index is 11.4. The Morgan fingerprint density at radius 1 is 1.27 bits per heavy atom. The van der Waals surface area contributed by atoms with Crippen LogP contribution >= 0.6 is 12.4 Å². The molecule has 2 rings (SSSR count).